The highest BCUT2D eigenvalue weighted by Gasteiger charge is 2.28. The summed E-state index contributed by atoms with van der Waals surface area (Å²) >= 11 is 6.31. The van der Waals surface area contributed by atoms with Crippen LogP contribution in [-0.2, 0) is 22.6 Å². The highest BCUT2D eigenvalue weighted by Crippen LogP contribution is 2.21. The van der Waals surface area contributed by atoms with E-state index in [1.165, 1.54) is 5.56 Å². The maximum absolute atomic E-state index is 13.1. The molecule has 1 N–H and O–H groups in total. The summed E-state index contributed by atoms with van der Waals surface area (Å²) in [5.74, 6) is 0.275. The number of hydrogen-bond acceptors (Lipinski definition) is 2. The molecular formula is C24H31ClN2O2. The van der Waals surface area contributed by atoms with Gasteiger partial charge in [0.05, 0.1) is 0 Å². The molecule has 0 fully saturated rings. The number of nitrogens with one attached hydrogen (secondary N) is 1. The van der Waals surface area contributed by atoms with Crippen molar-refractivity contribution in [3.8, 4) is 0 Å². The van der Waals surface area contributed by atoms with Gasteiger partial charge in [-0.15, -0.1) is 0 Å². The minimum absolute atomic E-state index is 0.0479. The molecule has 2 aromatic carbocycles. The Hall–Kier alpha value is -2.33. The van der Waals surface area contributed by atoms with Gasteiger partial charge in [0.2, 0.25) is 11.8 Å². The summed E-state index contributed by atoms with van der Waals surface area (Å²) in [5.41, 5.74) is 3.24. The molecule has 0 bridgehead atoms. The molecule has 5 heteroatoms. The fraction of sp³-hybridized carbons (Fsp3) is 0.417. The number of halogens is 1. The van der Waals surface area contributed by atoms with Gasteiger partial charge in [-0.2, -0.15) is 0 Å². The summed E-state index contributed by atoms with van der Waals surface area (Å²) in [4.78, 5) is 27.2. The second-order valence-corrected chi connectivity index (χ2v) is 7.95. The lowest BCUT2D eigenvalue weighted by Gasteiger charge is -2.30. The van der Waals surface area contributed by atoms with Crippen molar-refractivity contribution in [2.24, 2.45) is 0 Å². The molecule has 0 spiro atoms. The Balaban J connectivity index is 2.16. The van der Waals surface area contributed by atoms with Gasteiger partial charge in [-0.1, -0.05) is 74.8 Å². The SMILES string of the molecule is CCC(C(=O)NC)N(Cc1ccccc1Cl)C(=O)CCc1ccc(C(C)C)cc1. The zero-order chi connectivity index (χ0) is 21.4. The van der Waals surface area contributed by atoms with E-state index in [-0.39, 0.29) is 11.8 Å². The van der Waals surface area contributed by atoms with E-state index in [2.05, 4.69) is 43.4 Å². The van der Waals surface area contributed by atoms with Crippen LogP contribution in [0.5, 0.6) is 0 Å². The van der Waals surface area contributed by atoms with Crippen LogP contribution in [-0.4, -0.2) is 29.8 Å². The van der Waals surface area contributed by atoms with Crippen LogP contribution in [0.25, 0.3) is 0 Å². The number of likely N-dealkylation sites (N-methyl/N-ethyl adjacent to an activating group) is 1. The number of amides is 2. The molecule has 0 aliphatic carbocycles. The molecule has 0 heterocycles. The molecule has 0 aliphatic rings. The van der Waals surface area contributed by atoms with Crippen molar-refractivity contribution in [2.75, 3.05) is 7.05 Å². The highest BCUT2D eigenvalue weighted by molar-refractivity contribution is 6.31. The summed E-state index contributed by atoms with van der Waals surface area (Å²) < 4.78 is 0. The third-order valence-corrected chi connectivity index (χ3v) is 5.57. The molecule has 0 aromatic heterocycles. The zero-order valence-corrected chi connectivity index (χ0v) is 18.5. The summed E-state index contributed by atoms with van der Waals surface area (Å²) in [7, 11) is 1.60. The van der Waals surface area contributed by atoms with Crippen molar-refractivity contribution in [2.45, 2.75) is 58.5 Å². The standard InChI is InChI=1S/C24H31ClN2O2/c1-5-22(24(29)26-4)27(16-20-8-6-7-9-21(20)25)23(28)15-12-18-10-13-19(14-11-18)17(2)3/h6-11,13-14,17,22H,5,12,15-16H2,1-4H3,(H,26,29). The van der Waals surface area contributed by atoms with Gasteiger partial charge < -0.3 is 10.2 Å². The summed E-state index contributed by atoms with van der Waals surface area (Å²) in [6.45, 7) is 6.55. The molecule has 4 nitrogen and oxygen atoms in total. The largest absolute Gasteiger partial charge is 0.357 e. The molecule has 2 amide bonds. The lowest BCUT2D eigenvalue weighted by molar-refractivity contribution is -0.141. The highest BCUT2D eigenvalue weighted by atomic mass is 35.5. The molecular weight excluding hydrogens is 384 g/mol. The number of rotatable bonds is 9. The Bertz CT molecular complexity index is 818. The van der Waals surface area contributed by atoms with Gasteiger partial charge in [0.15, 0.2) is 0 Å². The number of nitrogens with zero attached hydrogens (tertiary/aromatic N) is 1. The van der Waals surface area contributed by atoms with Crippen LogP contribution >= 0.6 is 11.6 Å². The van der Waals surface area contributed by atoms with E-state index in [1.54, 1.807) is 18.0 Å². The van der Waals surface area contributed by atoms with Gasteiger partial charge in [-0.25, -0.2) is 0 Å². The quantitative estimate of drug-likeness (QED) is 0.631. The van der Waals surface area contributed by atoms with Gasteiger partial charge in [-0.3, -0.25) is 9.59 Å². The minimum Gasteiger partial charge on any atom is -0.357 e. The number of hydrogen-bond donors (Lipinski definition) is 1. The van der Waals surface area contributed by atoms with Crippen LogP contribution in [0, 0.1) is 0 Å². The first-order chi connectivity index (χ1) is 13.9. The van der Waals surface area contributed by atoms with Crippen LogP contribution in [0.15, 0.2) is 48.5 Å². The molecule has 1 unspecified atom stereocenters. The van der Waals surface area contributed by atoms with Crippen molar-refractivity contribution in [3.63, 3.8) is 0 Å². The first-order valence-electron chi connectivity index (χ1n) is 10.2. The molecule has 0 saturated carbocycles. The Morgan fingerprint density at radius 2 is 1.72 bits per heavy atom. The van der Waals surface area contributed by atoms with E-state index < -0.39 is 6.04 Å². The van der Waals surface area contributed by atoms with Crippen molar-refractivity contribution >= 4 is 23.4 Å². The average Bonchev–Trinajstić information content (AvgIpc) is 2.73. The summed E-state index contributed by atoms with van der Waals surface area (Å²) in [5, 5.41) is 3.27. The van der Waals surface area contributed by atoms with E-state index in [4.69, 9.17) is 11.6 Å². The predicted octanol–water partition coefficient (Wildman–Crippen LogP) is 4.95. The smallest absolute Gasteiger partial charge is 0.242 e. The van der Waals surface area contributed by atoms with Crippen LogP contribution in [0.4, 0.5) is 0 Å². The van der Waals surface area contributed by atoms with Crippen molar-refractivity contribution in [3.05, 3.63) is 70.2 Å². The molecule has 1 atom stereocenters. The maximum Gasteiger partial charge on any atom is 0.242 e. The van der Waals surface area contributed by atoms with E-state index in [1.807, 2.05) is 25.1 Å². The second-order valence-electron chi connectivity index (χ2n) is 7.55. The maximum atomic E-state index is 13.1. The van der Waals surface area contributed by atoms with Gasteiger partial charge in [0, 0.05) is 25.0 Å². The third-order valence-electron chi connectivity index (χ3n) is 5.20. The van der Waals surface area contributed by atoms with Crippen LogP contribution < -0.4 is 5.32 Å². The predicted molar refractivity (Wildman–Crippen MR) is 119 cm³/mol. The van der Waals surface area contributed by atoms with Crippen molar-refractivity contribution in [1.82, 2.24) is 10.2 Å². The van der Waals surface area contributed by atoms with Gasteiger partial charge in [-0.05, 0) is 41.5 Å². The Morgan fingerprint density at radius 1 is 1.07 bits per heavy atom. The molecule has 0 aliphatic heterocycles. The average molecular weight is 415 g/mol. The number of aryl methyl sites for hydroxylation is 1. The Labute approximate surface area is 179 Å². The zero-order valence-electron chi connectivity index (χ0n) is 17.7. The molecule has 0 saturated heterocycles. The second kappa shape index (κ2) is 11.0. The summed E-state index contributed by atoms with van der Waals surface area (Å²) in [6.07, 6.45) is 1.53. The number of carbonyl (C=O) groups is 2. The first-order valence-corrected chi connectivity index (χ1v) is 10.6. The molecule has 2 rings (SSSR count). The number of benzene rings is 2. The van der Waals surface area contributed by atoms with E-state index >= 15 is 0 Å². The van der Waals surface area contributed by atoms with E-state index in [9.17, 15) is 9.59 Å². The Morgan fingerprint density at radius 3 is 2.28 bits per heavy atom. The minimum atomic E-state index is -0.521. The normalized spacial score (nSPS) is 11.9. The van der Waals surface area contributed by atoms with E-state index in [0.29, 0.717) is 36.7 Å². The molecule has 156 valence electrons. The topological polar surface area (TPSA) is 49.4 Å². The van der Waals surface area contributed by atoms with Crippen LogP contribution in [0.1, 0.15) is 56.2 Å². The van der Waals surface area contributed by atoms with Gasteiger partial charge in [0.1, 0.15) is 6.04 Å². The number of carbonyl (C=O) groups excluding carboxylic acids is 2. The van der Waals surface area contributed by atoms with Crippen LogP contribution in [0.3, 0.4) is 0 Å². The fourth-order valence-electron chi connectivity index (χ4n) is 3.36. The van der Waals surface area contributed by atoms with Crippen molar-refractivity contribution < 1.29 is 9.59 Å². The molecule has 2 aromatic rings. The van der Waals surface area contributed by atoms with Gasteiger partial charge in [0.25, 0.3) is 0 Å². The molecule has 0 radical (unpaired) electrons. The van der Waals surface area contributed by atoms with Crippen molar-refractivity contribution in [1.29, 1.82) is 0 Å². The van der Waals surface area contributed by atoms with Gasteiger partial charge >= 0.3 is 0 Å². The summed E-state index contributed by atoms with van der Waals surface area (Å²) in [6, 6.07) is 15.3. The van der Waals surface area contributed by atoms with E-state index in [0.717, 1.165) is 11.1 Å². The lowest BCUT2D eigenvalue weighted by Crippen LogP contribution is -2.48. The Kier molecular flexibility index (Phi) is 8.71. The monoisotopic (exact) mass is 414 g/mol. The lowest BCUT2D eigenvalue weighted by atomic mass is 10.00. The first kappa shape index (κ1) is 23.0. The van der Waals surface area contributed by atoms with Crippen LogP contribution in [0.2, 0.25) is 5.02 Å². The molecule has 29 heavy (non-hydrogen) atoms. The fourth-order valence-corrected chi connectivity index (χ4v) is 3.56. The third kappa shape index (κ3) is 6.33.